The van der Waals surface area contributed by atoms with E-state index < -0.39 is 10.0 Å². The summed E-state index contributed by atoms with van der Waals surface area (Å²) in [6.07, 6.45) is 0. The van der Waals surface area contributed by atoms with Crippen molar-refractivity contribution in [2.45, 2.75) is 4.90 Å². The zero-order chi connectivity index (χ0) is 17.6. The van der Waals surface area contributed by atoms with Gasteiger partial charge in [-0.1, -0.05) is 36.1 Å². The normalized spacial score (nSPS) is 10.6. The molecular weight excluding hydrogens is 324 g/mol. The van der Waals surface area contributed by atoms with Crippen molar-refractivity contribution in [3.8, 4) is 17.6 Å². The van der Waals surface area contributed by atoms with Crippen LogP contribution in [-0.4, -0.2) is 36.2 Å². The lowest BCUT2D eigenvalue weighted by atomic mass is 10.1. The fourth-order valence-corrected chi connectivity index (χ4v) is 3.25. The molecule has 0 amide bonds. The van der Waals surface area contributed by atoms with Gasteiger partial charge in [0.25, 0.3) is 0 Å². The molecule has 24 heavy (non-hydrogen) atoms. The number of ether oxygens (including phenoxy) is 1. The zero-order valence-corrected chi connectivity index (χ0v) is 14.7. The maximum atomic E-state index is 12.3. The highest BCUT2D eigenvalue weighted by atomic mass is 32.2. The summed E-state index contributed by atoms with van der Waals surface area (Å²) < 4.78 is 32.2. The predicted molar refractivity (Wildman–Crippen MR) is 95.8 cm³/mol. The van der Waals surface area contributed by atoms with E-state index >= 15 is 0 Å². The average Bonchev–Trinajstić information content (AvgIpc) is 2.59. The van der Waals surface area contributed by atoms with Gasteiger partial charge in [0, 0.05) is 19.7 Å². The number of benzene rings is 2. The van der Waals surface area contributed by atoms with Gasteiger partial charge in [0.05, 0.1) is 19.3 Å². The lowest BCUT2D eigenvalue weighted by Gasteiger charge is -2.13. The molecule has 2 rings (SSSR count). The zero-order valence-electron chi connectivity index (χ0n) is 13.9. The Hall–Kier alpha value is -2.49. The molecule has 0 heterocycles. The van der Waals surface area contributed by atoms with Crippen LogP contribution >= 0.6 is 0 Å². The molecule has 0 saturated heterocycles. The average molecular weight is 344 g/mol. The van der Waals surface area contributed by atoms with Crippen LogP contribution in [0.15, 0.2) is 53.4 Å². The van der Waals surface area contributed by atoms with E-state index in [1.165, 1.54) is 13.2 Å². The number of nitrogens with one attached hydrogen (secondary N) is 1. The van der Waals surface area contributed by atoms with Crippen LogP contribution < -0.4 is 14.4 Å². The molecule has 5 nitrogen and oxygen atoms in total. The monoisotopic (exact) mass is 344 g/mol. The van der Waals surface area contributed by atoms with E-state index in [0.717, 1.165) is 11.3 Å². The van der Waals surface area contributed by atoms with Crippen LogP contribution in [0.2, 0.25) is 0 Å². The van der Waals surface area contributed by atoms with Gasteiger partial charge >= 0.3 is 0 Å². The van der Waals surface area contributed by atoms with Crippen molar-refractivity contribution >= 4 is 15.7 Å². The lowest BCUT2D eigenvalue weighted by Crippen LogP contribution is -2.24. The number of methoxy groups -OCH3 is 1. The smallest absolute Gasteiger partial charge is 0.245 e. The number of hydrogen-bond donors (Lipinski definition) is 1. The molecule has 2 aromatic rings. The quantitative estimate of drug-likeness (QED) is 0.844. The largest absolute Gasteiger partial charge is 0.495 e. The molecule has 2 aromatic carbocycles. The van der Waals surface area contributed by atoms with Gasteiger partial charge in [-0.2, -0.15) is 4.72 Å². The van der Waals surface area contributed by atoms with Crippen LogP contribution in [0, 0.1) is 11.8 Å². The van der Waals surface area contributed by atoms with Crippen LogP contribution in [0.4, 0.5) is 5.69 Å². The summed E-state index contributed by atoms with van der Waals surface area (Å²) in [5.41, 5.74) is 1.83. The van der Waals surface area contributed by atoms with E-state index in [1.54, 1.807) is 18.2 Å². The predicted octanol–water partition coefficient (Wildman–Crippen LogP) is 2.09. The van der Waals surface area contributed by atoms with E-state index in [4.69, 9.17) is 4.74 Å². The second-order valence-electron chi connectivity index (χ2n) is 5.19. The van der Waals surface area contributed by atoms with E-state index in [2.05, 4.69) is 16.6 Å². The highest BCUT2D eigenvalue weighted by molar-refractivity contribution is 7.89. The molecule has 0 fully saturated rings. The molecule has 126 valence electrons. The van der Waals surface area contributed by atoms with E-state index in [1.807, 2.05) is 43.3 Å². The van der Waals surface area contributed by atoms with Crippen molar-refractivity contribution in [3.05, 3.63) is 54.1 Å². The molecule has 0 atom stereocenters. The van der Waals surface area contributed by atoms with Crippen LogP contribution in [-0.2, 0) is 10.0 Å². The topological polar surface area (TPSA) is 58.6 Å². The maximum absolute atomic E-state index is 12.3. The Morgan fingerprint density at radius 3 is 2.46 bits per heavy atom. The Balaban J connectivity index is 2.13. The first-order valence-electron chi connectivity index (χ1n) is 7.33. The first kappa shape index (κ1) is 17.9. The minimum Gasteiger partial charge on any atom is -0.495 e. The van der Waals surface area contributed by atoms with Crippen LogP contribution in [0.25, 0.3) is 0 Å². The second kappa shape index (κ2) is 7.86. The number of para-hydroxylation sites is 2. The molecule has 0 unspecified atom stereocenters. The highest BCUT2D eigenvalue weighted by Crippen LogP contribution is 2.22. The van der Waals surface area contributed by atoms with Gasteiger partial charge in [-0.15, -0.1) is 0 Å². The first-order chi connectivity index (χ1) is 11.5. The van der Waals surface area contributed by atoms with E-state index in [9.17, 15) is 8.42 Å². The summed E-state index contributed by atoms with van der Waals surface area (Å²) in [5.74, 6) is 6.15. The Morgan fingerprint density at radius 2 is 1.75 bits per heavy atom. The molecule has 6 heteroatoms. The van der Waals surface area contributed by atoms with Crippen molar-refractivity contribution < 1.29 is 13.2 Å². The van der Waals surface area contributed by atoms with Crippen molar-refractivity contribution in [2.75, 3.05) is 32.6 Å². The van der Waals surface area contributed by atoms with Crippen LogP contribution in [0.5, 0.6) is 5.75 Å². The van der Waals surface area contributed by atoms with Crippen molar-refractivity contribution in [1.29, 1.82) is 0 Å². The standard InChI is InChI=1S/C18H20N2O3S/c1-20(2)16-11-5-4-9-15(16)10-8-14-19-24(21,22)18-13-7-6-12-17(18)23-3/h4-7,9,11-13,19H,14H2,1-3H3. The number of nitrogens with zero attached hydrogens (tertiary/aromatic N) is 1. The van der Waals surface area contributed by atoms with E-state index in [0.29, 0.717) is 5.75 Å². The summed E-state index contributed by atoms with van der Waals surface area (Å²) in [4.78, 5) is 2.06. The van der Waals surface area contributed by atoms with Crippen molar-refractivity contribution in [3.63, 3.8) is 0 Å². The minimum absolute atomic E-state index is 0.0160. The Bertz CT molecular complexity index is 865. The highest BCUT2D eigenvalue weighted by Gasteiger charge is 2.17. The summed E-state index contributed by atoms with van der Waals surface area (Å²) in [5, 5.41) is 0. The summed E-state index contributed by atoms with van der Waals surface area (Å²) in [7, 11) is 1.64. The molecule has 0 spiro atoms. The number of rotatable bonds is 5. The molecule has 0 aliphatic carbocycles. The number of anilines is 1. The van der Waals surface area contributed by atoms with Gasteiger partial charge in [0.1, 0.15) is 10.6 Å². The van der Waals surface area contributed by atoms with Gasteiger partial charge in [-0.3, -0.25) is 0 Å². The molecule has 0 bridgehead atoms. The molecule has 0 saturated carbocycles. The van der Waals surface area contributed by atoms with Gasteiger partial charge in [-0.25, -0.2) is 8.42 Å². The van der Waals surface area contributed by atoms with Crippen molar-refractivity contribution in [1.82, 2.24) is 4.72 Å². The Morgan fingerprint density at radius 1 is 1.08 bits per heavy atom. The van der Waals surface area contributed by atoms with Crippen molar-refractivity contribution in [2.24, 2.45) is 0 Å². The number of hydrogen-bond acceptors (Lipinski definition) is 4. The van der Waals surface area contributed by atoms with Gasteiger partial charge in [-0.05, 0) is 24.3 Å². The summed E-state index contributed by atoms with van der Waals surface area (Å²) in [6, 6.07) is 14.2. The summed E-state index contributed by atoms with van der Waals surface area (Å²) >= 11 is 0. The third kappa shape index (κ3) is 4.28. The molecular formula is C18H20N2O3S. The minimum atomic E-state index is -3.67. The first-order valence-corrected chi connectivity index (χ1v) is 8.82. The van der Waals surface area contributed by atoms with Crippen LogP contribution in [0.1, 0.15) is 5.56 Å². The molecule has 0 aliphatic rings. The second-order valence-corrected chi connectivity index (χ2v) is 6.92. The maximum Gasteiger partial charge on any atom is 0.245 e. The molecule has 0 radical (unpaired) electrons. The Kier molecular flexibility index (Phi) is 5.85. The van der Waals surface area contributed by atoms with E-state index in [-0.39, 0.29) is 11.4 Å². The molecule has 0 aliphatic heterocycles. The third-order valence-corrected chi connectivity index (χ3v) is 4.76. The van der Waals surface area contributed by atoms with Gasteiger partial charge in [0.2, 0.25) is 10.0 Å². The third-order valence-electron chi connectivity index (χ3n) is 3.32. The van der Waals surface area contributed by atoms with Gasteiger partial charge < -0.3 is 9.64 Å². The van der Waals surface area contributed by atoms with Gasteiger partial charge in [0.15, 0.2) is 0 Å². The SMILES string of the molecule is COc1ccccc1S(=O)(=O)NCC#Cc1ccccc1N(C)C. The Labute approximate surface area is 143 Å². The lowest BCUT2D eigenvalue weighted by molar-refractivity contribution is 0.402. The number of sulfonamides is 1. The fraction of sp³-hybridized carbons (Fsp3) is 0.222. The summed E-state index contributed by atoms with van der Waals surface area (Å²) in [6.45, 7) is 0.0160. The fourth-order valence-electron chi connectivity index (χ4n) is 2.16. The molecule has 0 aromatic heterocycles. The van der Waals surface area contributed by atoms with Crippen LogP contribution in [0.3, 0.4) is 0 Å². The molecule has 1 N–H and O–H groups in total.